The summed E-state index contributed by atoms with van der Waals surface area (Å²) in [6.07, 6.45) is 4.37. The summed E-state index contributed by atoms with van der Waals surface area (Å²) in [6.45, 7) is 2.14. The van der Waals surface area contributed by atoms with E-state index in [0.29, 0.717) is 0 Å². The number of hydrogen-bond acceptors (Lipinski definition) is 6. The van der Waals surface area contributed by atoms with E-state index in [0.717, 1.165) is 33.7 Å². The first-order chi connectivity index (χ1) is 11.2. The molecule has 0 radical (unpaired) electrons. The number of benzene rings is 1. The van der Waals surface area contributed by atoms with Crippen molar-refractivity contribution in [3.63, 3.8) is 0 Å². The van der Waals surface area contributed by atoms with E-state index >= 15 is 0 Å². The lowest BCUT2D eigenvalue weighted by molar-refractivity contribution is 1.13. The number of hydrazone groups is 1. The smallest absolute Gasteiger partial charge is 0.158 e. The summed E-state index contributed by atoms with van der Waals surface area (Å²) in [5.41, 5.74) is 5.23. The van der Waals surface area contributed by atoms with Gasteiger partial charge in [0.05, 0.1) is 11.6 Å². The van der Waals surface area contributed by atoms with Gasteiger partial charge in [-0.05, 0) is 30.2 Å². The first-order valence-electron chi connectivity index (χ1n) is 7.47. The van der Waals surface area contributed by atoms with E-state index in [1.807, 2.05) is 26.2 Å². The average Bonchev–Trinajstić information content (AvgIpc) is 2.99. The van der Waals surface area contributed by atoms with Crippen LogP contribution in [0.5, 0.6) is 0 Å². The molecule has 2 aromatic heterocycles. The fourth-order valence-corrected chi connectivity index (χ4v) is 3.13. The summed E-state index contributed by atoms with van der Waals surface area (Å²) in [5, 5.41) is 5.32. The highest BCUT2D eigenvalue weighted by atomic mass is 32.1. The minimum absolute atomic E-state index is 0.743. The van der Waals surface area contributed by atoms with Crippen LogP contribution in [-0.2, 0) is 6.42 Å². The van der Waals surface area contributed by atoms with Crippen molar-refractivity contribution in [2.24, 2.45) is 5.10 Å². The molecule has 1 aromatic carbocycles. The van der Waals surface area contributed by atoms with Gasteiger partial charge in [-0.2, -0.15) is 5.10 Å². The number of aromatic nitrogens is 2. The molecule has 0 amide bonds. The third-order valence-electron chi connectivity index (χ3n) is 3.52. The van der Waals surface area contributed by atoms with Gasteiger partial charge in [0.2, 0.25) is 0 Å². The quantitative estimate of drug-likeness (QED) is 0.573. The number of thiophene rings is 1. The van der Waals surface area contributed by atoms with Crippen molar-refractivity contribution >= 4 is 39.3 Å². The molecular formula is C17H19N5S. The van der Waals surface area contributed by atoms with Crippen molar-refractivity contribution in [2.45, 2.75) is 13.3 Å². The molecule has 23 heavy (non-hydrogen) atoms. The molecule has 0 atom stereocenters. The zero-order chi connectivity index (χ0) is 16.2. The molecule has 0 aliphatic carbocycles. The van der Waals surface area contributed by atoms with Crippen LogP contribution in [0.1, 0.15) is 17.4 Å². The Hall–Kier alpha value is -2.47. The van der Waals surface area contributed by atoms with Crippen molar-refractivity contribution in [1.82, 2.24) is 9.97 Å². The Morgan fingerprint density at radius 2 is 2.00 bits per heavy atom. The van der Waals surface area contributed by atoms with E-state index < -0.39 is 0 Å². The van der Waals surface area contributed by atoms with Crippen molar-refractivity contribution in [2.75, 3.05) is 24.4 Å². The first-order valence-corrected chi connectivity index (χ1v) is 8.29. The van der Waals surface area contributed by atoms with Gasteiger partial charge in [0, 0.05) is 24.7 Å². The molecule has 0 spiro atoms. The molecule has 0 fully saturated rings. The molecule has 0 bridgehead atoms. The molecule has 3 aromatic rings. The zero-order valence-electron chi connectivity index (χ0n) is 13.4. The molecule has 3 rings (SSSR count). The second-order valence-corrected chi connectivity index (χ2v) is 6.48. The lowest BCUT2D eigenvalue weighted by atomic mass is 10.2. The molecule has 1 N–H and O–H groups in total. The van der Waals surface area contributed by atoms with E-state index in [9.17, 15) is 0 Å². The molecule has 0 aliphatic rings. The monoisotopic (exact) mass is 325 g/mol. The second kappa shape index (κ2) is 6.75. The third kappa shape index (κ3) is 3.48. The Morgan fingerprint density at radius 3 is 2.70 bits per heavy atom. The topological polar surface area (TPSA) is 53.4 Å². The van der Waals surface area contributed by atoms with Gasteiger partial charge in [0.1, 0.15) is 11.2 Å². The van der Waals surface area contributed by atoms with Crippen LogP contribution < -0.4 is 10.3 Å². The maximum Gasteiger partial charge on any atom is 0.158 e. The fraction of sp³-hybridized carbons (Fsp3) is 0.235. The van der Waals surface area contributed by atoms with Gasteiger partial charge in [-0.1, -0.05) is 19.1 Å². The van der Waals surface area contributed by atoms with Crippen LogP contribution >= 0.6 is 11.3 Å². The highest BCUT2D eigenvalue weighted by Gasteiger charge is 2.06. The normalized spacial score (nSPS) is 11.3. The fourth-order valence-electron chi connectivity index (χ4n) is 2.20. The van der Waals surface area contributed by atoms with Crippen molar-refractivity contribution in [1.29, 1.82) is 0 Å². The van der Waals surface area contributed by atoms with Crippen LogP contribution in [-0.4, -0.2) is 30.3 Å². The van der Waals surface area contributed by atoms with Gasteiger partial charge in [0.15, 0.2) is 5.82 Å². The lowest BCUT2D eigenvalue weighted by Gasteiger charge is -2.11. The summed E-state index contributed by atoms with van der Waals surface area (Å²) in [7, 11) is 4.05. The number of aryl methyl sites for hydroxylation is 1. The van der Waals surface area contributed by atoms with Crippen LogP contribution in [0.3, 0.4) is 0 Å². The van der Waals surface area contributed by atoms with Crippen molar-refractivity contribution in [3.8, 4) is 0 Å². The molecule has 2 heterocycles. The SMILES string of the molecule is CCc1cc2c(NN=Cc3ccc(N(C)C)cc3)ncnc2s1. The van der Waals surface area contributed by atoms with Gasteiger partial charge in [-0.25, -0.2) is 9.97 Å². The number of nitrogens with one attached hydrogen (secondary N) is 1. The Balaban J connectivity index is 1.76. The molecule has 0 saturated heterocycles. The molecule has 0 saturated carbocycles. The minimum Gasteiger partial charge on any atom is -0.378 e. The van der Waals surface area contributed by atoms with E-state index in [1.165, 1.54) is 4.88 Å². The van der Waals surface area contributed by atoms with E-state index in [-0.39, 0.29) is 0 Å². The summed E-state index contributed by atoms with van der Waals surface area (Å²) in [4.78, 5) is 13.0. The standard InChI is InChI=1S/C17H19N5S/c1-4-14-9-15-16(18-11-19-17(15)23-14)21-20-10-12-5-7-13(8-6-12)22(2)3/h5-11H,4H2,1-3H3,(H,18,19,21). The highest BCUT2D eigenvalue weighted by Crippen LogP contribution is 2.28. The molecule has 5 nitrogen and oxygen atoms in total. The van der Waals surface area contributed by atoms with Crippen molar-refractivity contribution in [3.05, 3.63) is 47.1 Å². The van der Waals surface area contributed by atoms with E-state index in [2.05, 4.69) is 50.5 Å². The number of anilines is 2. The molecule has 118 valence electrons. The molecule has 6 heteroatoms. The summed E-state index contributed by atoms with van der Waals surface area (Å²) in [6, 6.07) is 10.3. The summed E-state index contributed by atoms with van der Waals surface area (Å²) < 4.78 is 0. The predicted molar refractivity (Wildman–Crippen MR) is 98.8 cm³/mol. The Labute approximate surface area is 139 Å². The Kier molecular flexibility index (Phi) is 4.52. The predicted octanol–water partition coefficient (Wildman–Crippen LogP) is 3.77. The molecule has 0 aliphatic heterocycles. The van der Waals surface area contributed by atoms with Crippen LogP contribution in [0.2, 0.25) is 0 Å². The molecule has 0 unspecified atom stereocenters. The minimum atomic E-state index is 0.743. The van der Waals surface area contributed by atoms with Gasteiger partial charge in [0.25, 0.3) is 0 Å². The first kappa shape index (κ1) is 15.4. The van der Waals surface area contributed by atoms with E-state index in [1.54, 1.807) is 23.9 Å². The Bertz CT molecular complexity index is 821. The lowest BCUT2D eigenvalue weighted by Crippen LogP contribution is -2.08. The van der Waals surface area contributed by atoms with Crippen molar-refractivity contribution < 1.29 is 0 Å². The maximum absolute atomic E-state index is 4.31. The van der Waals surface area contributed by atoms with Gasteiger partial charge < -0.3 is 4.90 Å². The Morgan fingerprint density at radius 1 is 1.22 bits per heavy atom. The molecular weight excluding hydrogens is 306 g/mol. The summed E-state index contributed by atoms with van der Waals surface area (Å²) >= 11 is 1.70. The van der Waals surface area contributed by atoms with Crippen LogP contribution in [0.4, 0.5) is 11.5 Å². The maximum atomic E-state index is 4.31. The van der Waals surface area contributed by atoms with Crippen LogP contribution in [0.25, 0.3) is 10.2 Å². The number of nitrogens with zero attached hydrogens (tertiary/aromatic N) is 4. The average molecular weight is 325 g/mol. The highest BCUT2D eigenvalue weighted by molar-refractivity contribution is 7.18. The third-order valence-corrected chi connectivity index (χ3v) is 4.71. The van der Waals surface area contributed by atoms with Gasteiger partial charge in [-0.15, -0.1) is 11.3 Å². The van der Waals surface area contributed by atoms with Gasteiger partial charge >= 0.3 is 0 Å². The number of rotatable bonds is 5. The van der Waals surface area contributed by atoms with Crippen LogP contribution in [0.15, 0.2) is 41.8 Å². The number of hydrogen-bond donors (Lipinski definition) is 1. The second-order valence-electron chi connectivity index (χ2n) is 5.36. The summed E-state index contributed by atoms with van der Waals surface area (Å²) in [5.74, 6) is 0.743. The van der Waals surface area contributed by atoms with E-state index in [4.69, 9.17) is 0 Å². The van der Waals surface area contributed by atoms with Gasteiger partial charge in [-0.3, -0.25) is 5.43 Å². The van der Waals surface area contributed by atoms with Crippen LogP contribution in [0, 0.1) is 0 Å². The largest absolute Gasteiger partial charge is 0.378 e. The zero-order valence-corrected chi connectivity index (χ0v) is 14.3. The number of fused-ring (bicyclic) bond motifs is 1.